The van der Waals surface area contributed by atoms with E-state index >= 15 is 0 Å². The van der Waals surface area contributed by atoms with E-state index in [-0.39, 0.29) is 0 Å². The van der Waals surface area contributed by atoms with E-state index in [2.05, 4.69) is 44.3 Å². The van der Waals surface area contributed by atoms with Gasteiger partial charge in [0.15, 0.2) is 0 Å². The summed E-state index contributed by atoms with van der Waals surface area (Å²) in [6, 6.07) is 6.51. The van der Waals surface area contributed by atoms with Gasteiger partial charge in [-0.3, -0.25) is 0 Å². The third-order valence-corrected chi connectivity index (χ3v) is 3.42. The Balaban J connectivity index is 2.96. The van der Waals surface area contributed by atoms with E-state index in [1.807, 2.05) is 0 Å². The topological polar surface area (TPSA) is 12.0 Å². The average Bonchev–Trinajstić information content (AvgIpc) is 1.96. The van der Waals surface area contributed by atoms with E-state index in [1.54, 1.807) is 0 Å². The van der Waals surface area contributed by atoms with Crippen molar-refractivity contribution in [3.05, 3.63) is 29.3 Å². The summed E-state index contributed by atoms with van der Waals surface area (Å²) in [5.41, 5.74) is 4.13. The number of aryl methyl sites for hydroxylation is 1. The van der Waals surface area contributed by atoms with Gasteiger partial charge in [-0.05, 0) is 0 Å². The molecule has 0 radical (unpaired) electrons. The van der Waals surface area contributed by atoms with Crippen LogP contribution >= 0.6 is 0 Å². The van der Waals surface area contributed by atoms with Crippen molar-refractivity contribution < 1.29 is 52.2 Å². The van der Waals surface area contributed by atoms with Crippen LogP contribution < -0.4 is 5.32 Å². The van der Waals surface area contributed by atoms with Gasteiger partial charge in [0.2, 0.25) is 0 Å². The van der Waals surface area contributed by atoms with Gasteiger partial charge in [0, 0.05) is 0 Å². The van der Waals surface area contributed by atoms with Crippen LogP contribution in [0.3, 0.4) is 0 Å². The van der Waals surface area contributed by atoms with Crippen molar-refractivity contribution in [1.29, 1.82) is 0 Å². The maximum atomic E-state index is 3.66. The molecule has 0 amide bonds. The Labute approximate surface area is 113 Å². The third kappa shape index (κ3) is 3.86. The summed E-state index contributed by atoms with van der Waals surface area (Å²) in [6.07, 6.45) is 0. The summed E-state index contributed by atoms with van der Waals surface area (Å²) in [6.45, 7) is 6.72. The Morgan fingerprint density at radius 1 is 1.23 bits per heavy atom. The standard InChI is InChI=1S/C10H13N.2Hg/c1-4-11-10-7-5-6-8(2)9(10)3;;/h5-7,11H,1-3H3;;. The first-order valence-corrected chi connectivity index (χ1v) is 9.95. The first-order chi connectivity index (χ1) is 5.90. The molecule has 1 aromatic carbocycles. The molecule has 0 aliphatic rings. The minimum atomic E-state index is 0.526. The van der Waals surface area contributed by atoms with E-state index in [1.165, 1.54) is 16.8 Å². The van der Waals surface area contributed by atoms with Gasteiger partial charge >= 0.3 is 114 Å². The minimum absolute atomic E-state index is 0.526. The molecular formula is C10H13Hg2N. The van der Waals surface area contributed by atoms with Gasteiger partial charge in [0.25, 0.3) is 0 Å². The molecule has 1 N–H and O–H groups in total. The van der Waals surface area contributed by atoms with Crippen LogP contribution in [0.1, 0.15) is 18.1 Å². The number of nitrogens with one attached hydrogen (secondary N) is 1. The van der Waals surface area contributed by atoms with Crippen molar-refractivity contribution in [2.75, 3.05) is 5.32 Å². The molecule has 0 saturated heterocycles. The molecular weight excluding hydrogens is 535 g/mol. The number of hydrogen-bond donors (Lipinski definition) is 1. The third-order valence-electron chi connectivity index (χ3n) is 2.04. The second kappa shape index (κ2) is 4.61. The fourth-order valence-electron chi connectivity index (χ4n) is 1.21. The molecule has 0 aromatic heterocycles. The second-order valence-corrected chi connectivity index (χ2v) is 31.2. The molecule has 3 heteroatoms. The number of rotatable bonds is 2. The summed E-state index contributed by atoms with van der Waals surface area (Å²) in [7, 11) is 0. The van der Waals surface area contributed by atoms with Crippen LogP contribution in [0.5, 0.6) is 0 Å². The molecule has 1 nitrogen and oxygen atoms in total. The fraction of sp³-hybridized carbons (Fsp3) is 0.400. The quantitative estimate of drug-likeness (QED) is 0.561. The van der Waals surface area contributed by atoms with Crippen molar-refractivity contribution in [1.82, 2.24) is 0 Å². The molecule has 0 aliphatic heterocycles. The van der Waals surface area contributed by atoms with Gasteiger partial charge in [-0.1, -0.05) is 0 Å². The van der Waals surface area contributed by atoms with Gasteiger partial charge in [-0.2, -0.15) is 0 Å². The van der Waals surface area contributed by atoms with Crippen LogP contribution in [-0.4, -0.2) is 0.556 Å². The molecule has 0 atom stereocenters. The van der Waals surface area contributed by atoms with Crippen LogP contribution in [0.2, 0.25) is 0 Å². The molecule has 1 rings (SSSR count). The summed E-state index contributed by atoms with van der Waals surface area (Å²) < 4.78 is 0.526. The summed E-state index contributed by atoms with van der Waals surface area (Å²) in [4.78, 5) is 0. The summed E-state index contributed by atoms with van der Waals surface area (Å²) >= 11 is 1.65. The molecule has 0 spiro atoms. The molecule has 0 fully saturated rings. The Morgan fingerprint density at radius 2 is 1.85 bits per heavy atom. The zero-order chi connectivity index (χ0) is 10.1. The van der Waals surface area contributed by atoms with Crippen molar-refractivity contribution >= 4 is 5.69 Å². The zero-order valence-electron chi connectivity index (χ0n) is 8.65. The summed E-state index contributed by atoms with van der Waals surface area (Å²) in [5, 5.41) is 3.66. The van der Waals surface area contributed by atoms with Gasteiger partial charge in [-0.15, -0.1) is 0 Å². The van der Waals surface area contributed by atoms with Gasteiger partial charge < -0.3 is 0 Å². The second-order valence-electron chi connectivity index (χ2n) is 3.93. The van der Waals surface area contributed by atoms with Gasteiger partial charge in [-0.25, -0.2) is 0 Å². The van der Waals surface area contributed by atoms with Gasteiger partial charge in [0.1, 0.15) is 0 Å². The molecule has 0 bridgehead atoms. The molecule has 0 heterocycles. The first-order valence-electron chi connectivity index (χ1n) is 4.45. The van der Waals surface area contributed by atoms with Crippen molar-refractivity contribution in [2.45, 2.75) is 21.3 Å². The van der Waals surface area contributed by atoms with Gasteiger partial charge in [0.05, 0.1) is 0 Å². The summed E-state index contributed by atoms with van der Waals surface area (Å²) in [5.74, 6) is 0. The van der Waals surface area contributed by atoms with E-state index in [0.29, 0.717) is 0.556 Å². The van der Waals surface area contributed by atoms with E-state index in [9.17, 15) is 0 Å². The predicted molar refractivity (Wildman–Crippen MR) is 47.9 cm³/mol. The van der Waals surface area contributed by atoms with E-state index < -0.39 is 0 Å². The predicted octanol–water partition coefficient (Wildman–Crippen LogP) is 2.48. The Hall–Kier alpha value is 0.890. The van der Waals surface area contributed by atoms with E-state index in [4.69, 9.17) is 0 Å². The van der Waals surface area contributed by atoms with E-state index in [0.717, 1.165) is 52.2 Å². The molecule has 62 valence electrons. The Kier molecular flexibility index (Phi) is 4.24. The fourth-order valence-corrected chi connectivity index (χ4v) is 2.69. The zero-order valence-corrected chi connectivity index (χ0v) is 19.6. The number of hydrogen-bond acceptors (Lipinski definition) is 1. The van der Waals surface area contributed by atoms with Crippen LogP contribution in [0.15, 0.2) is 18.2 Å². The number of anilines is 1. The first kappa shape index (κ1) is 12.0. The molecule has 0 unspecified atom stereocenters. The molecule has 0 saturated carbocycles. The Bertz CT molecular complexity index is 302. The van der Waals surface area contributed by atoms with Crippen molar-refractivity contribution in [3.8, 4) is 0 Å². The molecule has 1 aromatic rings. The SMILES string of the molecule is Cc1cccc(N[C](C)([Hg])[Hg])c1C. The number of benzene rings is 1. The van der Waals surface area contributed by atoms with Crippen LogP contribution in [0.4, 0.5) is 5.69 Å². The van der Waals surface area contributed by atoms with Crippen LogP contribution in [-0.2, 0) is 52.2 Å². The average molecular weight is 548 g/mol. The normalized spacial score (nSPS) is 11.6. The monoisotopic (exact) mass is 551 g/mol. The molecule has 13 heavy (non-hydrogen) atoms. The van der Waals surface area contributed by atoms with Crippen LogP contribution in [0, 0.1) is 13.8 Å². The maximum absolute atomic E-state index is 3.66. The molecule has 0 aliphatic carbocycles. The van der Waals surface area contributed by atoms with Crippen molar-refractivity contribution in [2.24, 2.45) is 0 Å². The Morgan fingerprint density at radius 3 is 2.38 bits per heavy atom. The van der Waals surface area contributed by atoms with Crippen molar-refractivity contribution in [3.63, 3.8) is 0 Å². The van der Waals surface area contributed by atoms with Crippen LogP contribution in [0.25, 0.3) is 0 Å².